The van der Waals surface area contributed by atoms with Crippen molar-refractivity contribution >= 4 is 11.6 Å². The molecule has 0 saturated carbocycles. The molecule has 98 valence electrons. The van der Waals surface area contributed by atoms with Crippen molar-refractivity contribution in [2.75, 3.05) is 12.8 Å². The van der Waals surface area contributed by atoms with E-state index >= 15 is 0 Å². The predicted molar refractivity (Wildman–Crippen MR) is 75.3 cm³/mol. The highest BCUT2D eigenvalue weighted by atomic mass is 16.2. The number of carbonyl (C=O) groups is 1. The maximum atomic E-state index is 12.1. The zero-order valence-electron chi connectivity index (χ0n) is 10.9. The zero-order chi connectivity index (χ0) is 13.7. The van der Waals surface area contributed by atoms with Gasteiger partial charge < -0.3 is 10.6 Å². The number of aromatic nitrogens is 1. The van der Waals surface area contributed by atoms with E-state index in [-0.39, 0.29) is 5.91 Å². The largest absolute Gasteiger partial charge is 0.399 e. The Balaban J connectivity index is 1.94. The van der Waals surface area contributed by atoms with Crippen LogP contribution in [0.1, 0.15) is 11.3 Å². The number of nitrogen functional groups attached to an aromatic ring is 1. The van der Waals surface area contributed by atoms with Gasteiger partial charge >= 0.3 is 0 Å². The molecule has 0 bridgehead atoms. The first-order valence-corrected chi connectivity index (χ1v) is 6.13. The SMILES string of the molecule is CN(Cc1ccccn1)C(=O)Cc1ccc(N)cc1. The second-order valence-electron chi connectivity index (χ2n) is 4.49. The molecular formula is C15H17N3O. The van der Waals surface area contributed by atoms with E-state index in [1.807, 2.05) is 30.3 Å². The molecule has 0 spiro atoms. The molecule has 1 aromatic heterocycles. The Kier molecular flexibility index (Phi) is 4.13. The van der Waals surface area contributed by atoms with Gasteiger partial charge in [-0.15, -0.1) is 0 Å². The van der Waals surface area contributed by atoms with Crippen molar-refractivity contribution < 1.29 is 4.79 Å². The molecule has 2 rings (SSSR count). The lowest BCUT2D eigenvalue weighted by Gasteiger charge is -2.16. The molecule has 0 radical (unpaired) electrons. The van der Waals surface area contributed by atoms with Crippen LogP contribution >= 0.6 is 0 Å². The summed E-state index contributed by atoms with van der Waals surface area (Å²) in [5.74, 6) is 0.0652. The second kappa shape index (κ2) is 6.00. The van der Waals surface area contributed by atoms with E-state index in [9.17, 15) is 4.79 Å². The van der Waals surface area contributed by atoms with Crippen molar-refractivity contribution in [2.24, 2.45) is 0 Å². The van der Waals surface area contributed by atoms with E-state index in [4.69, 9.17) is 5.73 Å². The summed E-state index contributed by atoms with van der Waals surface area (Å²) < 4.78 is 0. The molecule has 2 aromatic rings. The van der Waals surface area contributed by atoms with Gasteiger partial charge in [0, 0.05) is 18.9 Å². The summed E-state index contributed by atoms with van der Waals surface area (Å²) in [5, 5.41) is 0. The van der Waals surface area contributed by atoms with E-state index in [0.29, 0.717) is 18.7 Å². The fraction of sp³-hybridized carbons (Fsp3) is 0.200. The van der Waals surface area contributed by atoms with Crippen LogP contribution in [0.4, 0.5) is 5.69 Å². The first-order chi connectivity index (χ1) is 9.15. The Morgan fingerprint density at radius 3 is 2.58 bits per heavy atom. The number of likely N-dealkylation sites (N-methyl/N-ethyl adjacent to an activating group) is 1. The summed E-state index contributed by atoms with van der Waals surface area (Å²) in [7, 11) is 1.79. The number of anilines is 1. The summed E-state index contributed by atoms with van der Waals surface area (Å²) in [5.41, 5.74) is 8.17. The first-order valence-electron chi connectivity index (χ1n) is 6.13. The van der Waals surface area contributed by atoms with Crippen LogP contribution in [0.3, 0.4) is 0 Å². The van der Waals surface area contributed by atoms with Gasteiger partial charge in [0.25, 0.3) is 0 Å². The molecule has 0 aliphatic rings. The molecule has 0 unspecified atom stereocenters. The maximum Gasteiger partial charge on any atom is 0.227 e. The molecular weight excluding hydrogens is 238 g/mol. The smallest absolute Gasteiger partial charge is 0.227 e. The van der Waals surface area contributed by atoms with Crippen molar-refractivity contribution in [3.8, 4) is 0 Å². The van der Waals surface area contributed by atoms with Crippen molar-refractivity contribution in [2.45, 2.75) is 13.0 Å². The monoisotopic (exact) mass is 255 g/mol. The van der Waals surface area contributed by atoms with Gasteiger partial charge in [0.2, 0.25) is 5.91 Å². The number of rotatable bonds is 4. The minimum Gasteiger partial charge on any atom is -0.399 e. The molecule has 1 aromatic carbocycles. The third-order valence-corrected chi connectivity index (χ3v) is 2.89. The zero-order valence-corrected chi connectivity index (χ0v) is 10.9. The molecule has 1 heterocycles. The molecule has 0 aliphatic heterocycles. The van der Waals surface area contributed by atoms with E-state index in [1.54, 1.807) is 30.3 Å². The van der Waals surface area contributed by atoms with E-state index < -0.39 is 0 Å². The highest BCUT2D eigenvalue weighted by Gasteiger charge is 2.10. The summed E-state index contributed by atoms with van der Waals surface area (Å²) in [6, 6.07) is 13.1. The molecule has 0 aliphatic carbocycles. The maximum absolute atomic E-state index is 12.1. The summed E-state index contributed by atoms with van der Waals surface area (Å²) in [6.45, 7) is 0.522. The number of pyridine rings is 1. The van der Waals surface area contributed by atoms with Crippen molar-refractivity contribution in [1.29, 1.82) is 0 Å². The van der Waals surface area contributed by atoms with E-state index in [0.717, 1.165) is 11.3 Å². The van der Waals surface area contributed by atoms with Crippen LogP contribution in [-0.4, -0.2) is 22.8 Å². The molecule has 0 atom stereocenters. The fourth-order valence-electron chi connectivity index (χ4n) is 1.77. The Hall–Kier alpha value is -2.36. The lowest BCUT2D eigenvalue weighted by atomic mass is 10.1. The van der Waals surface area contributed by atoms with Crippen molar-refractivity contribution in [3.63, 3.8) is 0 Å². The standard InChI is InChI=1S/C15H17N3O/c1-18(11-14-4-2-3-9-17-14)15(19)10-12-5-7-13(16)8-6-12/h2-9H,10-11,16H2,1H3. The second-order valence-corrected chi connectivity index (χ2v) is 4.49. The Morgan fingerprint density at radius 1 is 1.21 bits per heavy atom. The molecule has 19 heavy (non-hydrogen) atoms. The normalized spacial score (nSPS) is 10.2. The number of hydrogen-bond donors (Lipinski definition) is 1. The lowest BCUT2D eigenvalue weighted by molar-refractivity contribution is -0.129. The quantitative estimate of drug-likeness (QED) is 0.848. The summed E-state index contributed by atoms with van der Waals surface area (Å²) in [6.07, 6.45) is 2.11. The van der Waals surface area contributed by atoms with E-state index in [2.05, 4.69) is 4.98 Å². The van der Waals surface area contributed by atoms with Crippen molar-refractivity contribution in [3.05, 3.63) is 59.9 Å². The van der Waals surface area contributed by atoms with Crippen LogP contribution in [0.2, 0.25) is 0 Å². The van der Waals surface area contributed by atoms with Gasteiger partial charge in [-0.05, 0) is 29.8 Å². The fourth-order valence-corrected chi connectivity index (χ4v) is 1.77. The first kappa shape index (κ1) is 13.1. The highest BCUT2D eigenvalue weighted by Crippen LogP contribution is 2.08. The number of benzene rings is 1. The van der Waals surface area contributed by atoms with Crippen molar-refractivity contribution in [1.82, 2.24) is 9.88 Å². The number of carbonyl (C=O) groups excluding carboxylic acids is 1. The minimum absolute atomic E-state index is 0.0652. The van der Waals surface area contributed by atoms with Gasteiger partial charge in [0.15, 0.2) is 0 Å². The number of amides is 1. The van der Waals surface area contributed by atoms with Crippen LogP contribution in [-0.2, 0) is 17.8 Å². The van der Waals surface area contributed by atoms with Gasteiger partial charge in [-0.1, -0.05) is 18.2 Å². The van der Waals surface area contributed by atoms with Gasteiger partial charge in [0.1, 0.15) is 0 Å². The van der Waals surface area contributed by atoms with Gasteiger partial charge in [-0.2, -0.15) is 0 Å². The number of hydrogen-bond acceptors (Lipinski definition) is 3. The van der Waals surface area contributed by atoms with E-state index in [1.165, 1.54) is 0 Å². The summed E-state index contributed by atoms with van der Waals surface area (Å²) in [4.78, 5) is 18.0. The lowest BCUT2D eigenvalue weighted by Crippen LogP contribution is -2.28. The van der Waals surface area contributed by atoms with Gasteiger partial charge in [-0.3, -0.25) is 9.78 Å². The third-order valence-electron chi connectivity index (χ3n) is 2.89. The van der Waals surface area contributed by atoms with Gasteiger partial charge in [-0.25, -0.2) is 0 Å². The van der Waals surface area contributed by atoms with Crippen LogP contribution in [0.15, 0.2) is 48.7 Å². The summed E-state index contributed by atoms with van der Waals surface area (Å²) >= 11 is 0. The highest BCUT2D eigenvalue weighted by molar-refractivity contribution is 5.78. The predicted octanol–water partition coefficient (Wildman–Crippen LogP) is 1.86. The topological polar surface area (TPSA) is 59.2 Å². The third kappa shape index (κ3) is 3.81. The van der Waals surface area contributed by atoms with Crippen LogP contribution in [0, 0.1) is 0 Å². The van der Waals surface area contributed by atoms with Gasteiger partial charge in [0.05, 0.1) is 18.7 Å². The number of nitrogens with two attached hydrogens (primary N) is 1. The minimum atomic E-state index is 0.0652. The molecule has 0 saturated heterocycles. The average Bonchev–Trinajstić information content (AvgIpc) is 2.42. The Bertz CT molecular complexity index is 537. The average molecular weight is 255 g/mol. The Morgan fingerprint density at radius 2 is 1.95 bits per heavy atom. The molecule has 4 nitrogen and oxygen atoms in total. The molecule has 2 N–H and O–H groups in total. The Labute approximate surface area is 112 Å². The molecule has 4 heteroatoms. The van der Waals surface area contributed by atoms with Crippen LogP contribution < -0.4 is 5.73 Å². The molecule has 1 amide bonds. The number of nitrogens with zero attached hydrogens (tertiary/aromatic N) is 2. The van der Waals surface area contributed by atoms with Crippen LogP contribution in [0.25, 0.3) is 0 Å². The van der Waals surface area contributed by atoms with Crippen LogP contribution in [0.5, 0.6) is 0 Å². The molecule has 0 fully saturated rings.